The Hall–Kier alpha value is -3.45. The highest BCUT2D eigenvalue weighted by Crippen LogP contribution is 2.42. The predicted octanol–water partition coefficient (Wildman–Crippen LogP) is 4.43. The van der Waals surface area contributed by atoms with Gasteiger partial charge < -0.3 is 14.6 Å². The molecule has 0 aromatic heterocycles. The van der Waals surface area contributed by atoms with Gasteiger partial charge in [-0.3, -0.25) is 4.99 Å². The minimum absolute atomic E-state index is 0.0702. The fourth-order valence-corrected chi connectivity index (χ4v) is 4.98. The first-order valence-corrected chi connectivity index (χ1v) is 11.6. The minimum Gasteiger partial charge on any atom is -0.381 e. The van der Waals surface area contributed by atoms with Crippen LogP contribution in [0.1, 0.15) is 54.7 Å². The Kier molecular flexibility index (Phi) is 5.97. The molecule has 0 unspecified atom stereocenters. The maximum Gasteiger partial charge on any atom is 0.266 e. The van der Waals surface area contributed by atoms with Gasteiger partial charge in [-0.15, -0.1) is 0 Å². The largest absolute Gasteiger partial charge is 0.381 e. The number of nitriles is 1. The standard InChI is InChI=1S/C25H25F3N6O/c1-14(16-4-3-5-17(20(16)26)21(27)28)31-22-18-12-19(25(13-29)6-10-35-11-7-25)24-30-8-9-34(24)23(18)33-15(2)32-22/h3-5,12,14,21,30H,6-11H2,1-2H3/t14-/m1/s1. The van der Waals surface area contributed by atoms with Crippen molar-refractivity contribution >= 4 is 5.82 Å². The Morgan fingerprint density at radius 2 is 1.97 bits per heavy atom. The Morgan fingerprint density at radius 1 is 1.23 bits per heavy atom. The SMILES string of the molecule is Cc1nc2n3c(c(C4(C#N)CCOCC4)cc-2c(=N[C@H](C)c2cccc(C(F)F)c2F)n1)NCC3. The normalized spacial score (nSPS) is 18.4. The molecule has 4 aliphatic rings. The molecule has 1 aromatic rings. The van der Waals surface area contributed by atoms with E-state index in [4.69, 9.17) is 4.74 Å². The van der Waals surface area contributed by atoms with Crippen LogP contribution >= 0.6 is 0 Å². The molecule has 35 heavy (non-hydrogen) atoms. The zero-order valence-electron chi connectivity index (χ0n) is 19.5. The number of anilines is 1. The van der Waals surface area contributed by atoms with Crippen molar-refractivity contribution in [2.24, 2.45) is 4.99 Å². The van der Waals surface area contributed by atoms with E-state index < -0.39 is 29.3 Å². The monoisotopic (exact) mass is 482 g/mol. The van der Waals surface area contributed by atoms with Crippen molar-refractivity contribution in [1.82, 2.24) is 14.5 Å². The Morgan fingerprint density at radius 3 is 2.69 bits per heavy atom. The van der Waals surface area contributed by atoms with Crippen LogP contribution in [-0.4, -0.2) is 34.3 Å². The van der Waals surface area contributed by atoms with Crippen LogP contribution in [0.25, 0.3) is 11.4 Å². The summed E-state index contributed by atoms with van der Waals surface area (Å²) in [5.41, 5.74) is 0.510. The molecule has 0 radical (unpaired) electrons. The molecule has 1 atom stereocenters. The van der Waals surface area contributed by atoms with Gasteiger partial charge in [0.05, 0.1) is 28.7 Å². The van der Waals surface area contributed by atoms with E-state index in [-0.39, 0.29) is 5.56 Å². The highest BCUT2D eigenvalue weighted by molar-refractivity contribution is 5.68. The molecule has 1 aromatic carbocycles. The van der Waals surface area contributed by atoms with Crippen molar-refractivity contribution in [3.63, 3.8) is 0 Å². The number of aromatic nitrogens is 3. The summed E-state index contributed by atoms with van der Waals surface area (Å²) < 4.78 is 48.9. The topological polar surface area (TPSA) is 88.1 Å². The van der Waals surface area contributed by atoms with Crippen LogP contribution in [0.2, 0.25) is 0 Å². The van der Waals surface area contributed by atoms with Crippen molar-refractivity contribution in [1.29, 1.82) is 5.26 Å². The van der Waals surface area contributed by atoms with Gasteiger partial charge in [-0.1, -0.05) is 18.2 Å². The number of halogens is 3. The first-order valence-electron chi connectivity index (χ1n) is 11.6. The predicted molar refractivity (Wildman–Crippen MR) is 123 cm³/mol. The second-order valence-electron chi connectivity index (χ2n) is 8.98. The lowest BCUT2D eigenvalue weighted by Crippen LogP contribution is -2.34. The molecule has 0 spiro atoms. The minimum atomic E-state index is -2.92. The van der Waals surface area contributed by atoms with Gasteiger partial charge in [0.1, 0.15) is 23.3 Å². The van der Waals surface area contributed by atoms with Crippen molar-refractivity contribution in [3.05, 3.63) is 58.1 Å². The number of ether oxygens (including phenoxy) is 1. The zero-order chi connectivity index (χ0) is 24.7. The number of benzene rings is 1. The molecular formula is C25H25F3N6O. The van der Waals surface area contributed by atoms with Gasteiger partial charge >= 0.3 is 0 Å². The van der Waals surface area contributed by atoms with Gasteiger partial charge in [0.25, 0.3) is 6.43 Å². The average molecular weight is 483 g/mol. The lowest BCUT2D eigenvalue weighted by atomic mass is 9.75. The maximum absolute atomic E-state index is 14.8. The lowest BCUT2D eigenvalue weighted by molar-refractivity contribution is 0.0676. The first kappa shape index (κ1) is 23.3. The second-order valence-corrected chi connectivity index (χ2v) is 8.98. The number of hydrogen-bond donors (Lipinski definition) is 1. The molecule has 0 saturated carbocycles. The van der Waals surface area contributed by atoms with Gasteiger partial charge in [-0.25, -0.2) is 23.1 Å². The van der Waals surface area contributed by atoms with Gasteiger partial charge in [-0.2, -0.15) is 5.26 Å². The molecule has 182 valence electrons. The van der Waals surface area contributed by atoms with Crippen LogP contribution in [0.3, 0.4) is 0 Å². The van der Waals surface area contributed by atoms with Gasteiger partial charge in [0, 0.05) is 37.4 Å². The second kappa shape index (κ2) is 8.96. The van der Waals surface area contributed by atoms with Crippen LogP contribution in [0.15, 0.2) is 29.3 Å². The summed E-state index contributed by atoms with van der Waals surface area (Å²) >= 11 is 0. The van der Waals surface area contributed by atoms with E-state index in [1.165, 1.54) is 12.1 Å². The van der Waals surface area contributed by atoms with Crippen molar-refractivity contribution in [3.8, 4) is 17.5 Å². The molecule has 4 heterocycles. The van der Waals surface area contributed by atoms with Crippen LogP contribution < -0.4 is 10.8 Å². The fraction of sp³-hybridized carbons (Fsp3) is 0.440. The number of nitrogens with one attached hydrogen (secondary N) is 1. The third-order valence-corrected chi connectivity index (χ3v) is 6.85. The number of alkyl halides is 2. The van der Waals surface area contributed by atoms with Crippen molar-refractivity contribution in [2.75, 3.05) is 25.1 Å². The lowest BCUT2D eigenvalue weighted by Gasteiger charge is -2.33. The number of fused-ring (bicyclic) bond motifs is 3. The van der Waals surface area contributed by atoms with Crippen molar-refractivity contribution < 1.29 is 17.9 Å². The summed E-state index contributed by atoms with van der Waals surface area (Å²) in [5, 5.41) is 13.6. The quantitative estimate of drug-likeness (QED) is 0.595. The molecule has 4 aliphatic heterocycles. The van der Waals surface area contributed by atoms with Crippen LogP contribution in [-0.2, 0) is 16.7 Å². The molecule has 5 rings (SSSR count). The molecule has 1 fully saturated rings. The number of pyridine rings is 1. The maximum atomic E-state index is 14.8. The Labute approximate surface area is 200 Å². The van der Waals surface area contributed by atoms with E-state index in [9.17, 15) is 18.4 Å². The highest BCUT2D eigenvalue weighted by atomic mass is 19.3. The molecule has 0 bridgehead atoms. The van der Waals surface area contributed by atoms with E-state index in [2.05, 4.69) is 26.3 Å². The van der Waals surface area contributed by atoms with Gasteiger partial charge in [0.2, 0.25) is 0 Å². The molecule has 7 nitrogen and oxygen atoms in total. The third kappa shape index (κ3) is 3.93. The molecular weight excluding hydrogens is 457 g/mol. The number of rotatable bonds is 4. The summed E-state index contributed by atoms with van der Waals surface area (Å²) in [6.45, 7) is 5.73. The summed E-state index contributed by atoms with van der Waals surface area (Å²) in [6, 6.07) is 7.61. The van der Waals surface area contributed by atoms with Gasteiger partial charge in [0.15, 0.2) is 5.49 Å². The third-order valence-electron chi connectivity index (χ3n) is 6.85. The molecule has 0 aliphatic carbocycles. The van der Waals surface area contributed by atoms with Crippen LogP contribution in [0.5, 0.6) is 0 Å². The summed E-state index contributed by atoms with van der Waals surface area (Å²) in [5.74, 6) is 1.04. The van der Waals surface area contributed by atoms with E-state index in [1.54, 1.807) is 13.8 Å². The summed E-state index contributed by atoms with van der Waals surface area (Å²) in [7, 11) is 0. The zero-order valence-corrected chi connectivity index (χ0v) is 19.5. The van der Waals surface area contributed by atoms with Gasteiger partial charge in [-0.05, 0) is 32.8 Å². The van der Waals surface area contributed by atoms with E-state index >= 15 is 0 Å². The van der Waals surface area contributed by atoms with Crippen molar-refractivity contribution in [2.45, 2.75) is 51.1 Å². The van der Waals surface area contributed by atoms with Crippen LogP contribution in [0, 0.1) is 24.1 Å². The first-order chi connectivity index (χ1) is 16.8. The number of aryl methyl sites for hydroxylation is 1. The smallest absolute Gasteiger partial charge is 0.266 e. The number of hydrogen-bond acceptors (Lipinski definition) is 6. The van der Waals surface area contributed by atoms with Crippen LogP contribution in [0.4, 0.5) is 19.0 Å². The summed E-state index contributed by atoms with van der Waals surface area (Å²) in [4.78, 5) is 13.8. The molecule has 0 amide bonds. The van der Waals surface area contributed by atoms with E-state index in [1.807, 2.05) is 10.6 Å². The van der Waals surface area contributed by atoms with E-state index in [0.29, 0.717) is 61.8 Å². The summed E-state index contributed by atoms with van der Waals surface area (Å²) in [6.07, 6.45) is -1.80. The molecule has 1 N–H and O–H groups in total. The highest BCUT2D eigenvalue weighted by Gasteiger charge is 2.40. The molecule has 10 heteroatoms. The Bertz CT molecular complexity index is 1360. The van der Waals surface area contributed by atoms with E-state index in [0.717, 1.165) is 17.4 Å². The number of nitrogens with zero attached hydrogens (tertiary/aromatic N) is 5. The fourth-order valence-electron chi connectivity index (χ4n) is 4.98. The Balaban J connectivity index is 1.72. The molecule has 1 saturated heterocycles. The average Bonchev–Trinajstić information content (AvgIpc) is 3.34.